The van der Waals surface area contributed by atoms with E-state index in [4.69, 9.17) is 0 Å². The molecular weight excluding hydrogens is 725 g/mol. The number of fused-ring (bicyclic) bond motifs is 4. The van der Waals surface area contributed by atoms with Gasteiger partial charge in [-0.3, -0.25) is 0 Å². The molecule has 0 unspecified atom stereocenters. The zero-order chi connectivity index (χ0) is 39.8. The van der Waals surface area contributed by atoms with Crippen molar-refractivity contribution in [1.29, 1.82) is 0 Å². The van der Waals surface area contributed by atoms with Gasteiger partial charge >= 0.3 is 0 Å². The summed E-state index contributed by atoms with van der Waals surface area (Å²) in [5.74, 6) is 0. The second kappa shape index (κ2) is 15.1. The van der Waals surface area contributed by atoms with E-state index in [9.17, 15) is 0 Å². The van der Waals surface area contributed by atoms with E-state index < -0.39 is 0 Å². The zero-order valence-electron chi connectivity index (χ0n) is 33.0. The number of rotatable bonds is 8. The van der Waals surface area contributed by atoms with Gasteiger partial charge in [0.1, 0.15) is 0 Å². The van der Waals surface area contributed by atoms with Gasteiger partial charge in [0.05, 0.1) is 11.0 Å². The normalized spacial score (nSPS) is 11.3. The lowest BCUT2D eigenvalue weighted by atomic mass is 9.97. The number of para-hydroxylation sites is 1. The standard InChI is InChI=1S/C58H40N2/c1-3-14-41(15-4-1)43-28-34-48(35-29-43)59(49-38-32-46(33-39-49)53-24-12-19-45-18-7-8-22-52(45)53)51-21-11-20-47(40-51)54-25-13-27-57-58(54)55-23-9-10-26-56(55)60(57)50-36-30-44(31-37-50)42-16-5-2-6-17-42/h1-40H. The smallest absolute Gasteiger partial charge is 0.0547 e. The quantitative estimate of drug-likeness (QED) is 0.150. The van der Waals surface area contributed by atoms with Crippen molar-refractivity contribution in [3.63, 3.8) is 0 Å². The molecule has 0 aliphatic heterocycles. The maximum Gasteiger partial charge on any atom is 0.0547 e. The second-order valence-electron chi connectivity index (χ2n) is 15.3. The monoisotopic (exact) mass is 764 g/mol. The fourth-order valence-corrected chi connectivity index (χ4v) is 8.93. The molecule has 2 nitrogen and oxygen atoms in total. The molecular formula is C58H40N2. The SMILES string of the molecule is c1ccc(-c2ccc(N(c3ccc(-c4cccc5ccccc45)cc3)c3cccc(-c4cccc5c4c4ccccc4n5-c4ccc(-c5ccccc5)cc4)c3)cc2)cc1. The molecule has 11 aromatic rings. The topological polar surface area (TPSA) is 8.17 Å². The minimum absolute atomic E-state index is 1.09. The fourth-order valence-electron chi connectivity index (χ4n) is 8.93. The van der Waals surface area contributed by atoms with Crippen LogP contribution in [0.25, 0.3) is 82.8 Å². The molecule has 0 saturated carbocycles. The molecule has 0 atom stereocenters. The summed E-state index contributed by atoms with van der Waals surface area (Å²) in [5, 5.41) is 4.98. The van der Waals surface area contributed by atoms with Crippen LogP contribution in [0.3, 0.4) is 0 Å². The molecule has 0 aliphatic rings. The van der Waals surface area contributed by atoms with Crippen molar-refractivity contribution in [3.8, 4) is 50.2 Å². The number of hydrogen-bond donors (Lipinski definition) is 0. The first kappa shape index (κ1) is 35.2. The van der Waals surface area contributed by atoms with E-state index in [0.29, 0.717) is 0 Å². The molecule has 0 saturated heterocycles. The average Bonchev–Trinajstić information content (AvgIpc) is 3.67. The second-order valence-corrected chi connectivity index (χ2v) is 15.3. The Morgan fingerprint density at radius 1 is 0.283 bits per heavy atom. The van der Waals surface area contributed by atoms with Crippen LogP contribution in [-0.2, 0) is 0 Å². The third-order valence-electron chi connectivity index (χ3n) is 11.8. The van der Waals surface area contributed by atoms with Gasteiger partial charge in [-0.25, -0.2) is 0 Å². The first-order valence-corrected chi connectivity index (χ1v) is 20.6. The molecule has 10 aromatic carbocycles. The number of anilines is 3. The number of aromatic nitrogens is 1. The highest BCUT2D eigenvalue weighted by atomic mass is 15.1. The first-order chi connectivity index (χ1) is 29.8. The summed E-state index contributed by atoms with van der Waals surface area (Å²) in [6.07, 6.45) is 0. The summed E-state index contributed by atoms with van der Waals surface area (Å²) in [5.41, 5.74) is 16.4. The van der Waals surface area contributed by atoms with Gasteiger partial charge in [0.2, 0.25) is 0 Å². The van der Waals surface area contributed by atoms with Crippen LogP contribution in [-0.4, -0.2) is 4.57 Å². The number of benzene rings is 10. The molecule has 1 heterocycles. The molecule has 11 rings (SSSR count). The van der Waals surface area contributed by atoms with E-state index in [1.54, 1.807) is 0 Å². The summed E-state index contributed by atoms with van der Waals surface area (Å²) >= 11 is 0. The Labute approximate surface area is 350 Å². The Kier molecular flexibility index (Phi) is 8.87. The van der Waals surface area contributed by atoms with Gasteiger partial charge in [-0.2, -0.15) is 0 Å². The first-order valence-electron chi connectivity index (χ1n) is 20.6. The molecule has 0 radical (unpaired) electrons. The van der Waals surface area contributed by atoms with Crippen molar-refractivity contribution < 1.29 is 0 Å². The Balaban J connectivity index is 1.03. The van der Waals surface area contributed by atoms with E-state index in [1.165, 1.54) is 77.1 Å². The van der Waals surface area contributed by atoms with Crippen molar-refractivity contribution in [2.75, 3.05) is 4.90 Å². The van der Waals surface area contributed by atoms with Crippen molar-refractivity contribution in [2.24, 2.45) is 0 Å². The van der Waals surface area contributed by atoms with Gasteiger partial charge < -0.3 is 9.47 Å². The van der Waals surface area contributed by atoms with E-state index in [0.717, 1.165) is 22.7 Å². The van der Waals surface area contributed by atoms with Crippen molar-refractivity contribution >= 4 is 49.6 Å². The van der Waals surface area contributed by atoms with Crippen molar-refractivity contribution in [1.82, 2.24) is 4.57 Å². The van der Waals surface area contributed by atoms with Crippen LogP contribution in [0.1, 0.15) is 0 Å². The van der Waals surface area contributed by atoms with Gasteiger partial charge in [-0.15, -0.1) is 0 Å². The van der Waals surface area contributed by atoms with Gasteiger partial charge in [0, 0.05) is 33.5 Å². The van der Waals surface area contributed by atoms with Crippen LogP contribution in [0.2, 0.25) is 0 Å². The van der Waals surface area contributed by atoms with Crippen molar-refractivity contribution in [3.05, 3.63) is 243 Å². The molecule has 0 fully saturated rings. The zero-order valence-corrected chi connectivity index (χ0v) is 33.0. The molecule has 0 spiro atoms. The van der Waals surface area contributed by atoms with Gasteiger partial charge in [0.15, 0.2) is 0 Å². The maximum absolute atomic E-state index is 2.41. The number of nitrogens with zero attached hydrogens (tertiary/aromatic N) is 2. The highest BCUT2D eigenvalue weighted by Gasteiger charge is 2.19. The van der Waals surface area contributed by atoms with Crippen LogP contribution >= 0.6 is 0 Å². The summed E-state index contributed by atoms with van der Waals surface area (Å²) in [7, 11) is 0. The molecule has 1 aromatic heterocycles. The third kappa shape index (κ3) is 6.32. The summed E-state index contributed by atoms with van der Waals surface area (Å²) in [4.78, 5) is 2.38. The van der Waals surface area contributed by atoms with Gasteiger partial charge in [-0.1, -0.05) is 182 Å². The Bertz CT molecular complexity index is 3270. The Morgan fingerprint density at radius 2 is 0.767 bits per heavy atom. The van der Waals surface area contributed by atoms with E-state index in [-0.39, 0.29) is 0 Å². The summed E-state index contributed by atoms with van der Waals surface area (Å²) in [6.45, 7) is 0. The largest absolute Gasteiger partial charge is 0.310 e. The predicted octanol–water partition coefficient (Wildman–Crippen LogP) is 16.1. The van der Waals surface area contributed by atoms with E-state index in [2.05, 4.69) is 252 Å². The molecule has 0 N–H and O–H groups in total. The van der Waals surface area contributed by atoms with Crippen LogP contribution in [0.4, 0.5) is 17.1 Å². The van der Waals surface area contributed by atoms with Crippen LogP contribution in [0, 0.1) is 0 Å². The van der Waals surface area contributed by atoms with E-state index in [1.807, 2.05) is 0 Å². The highest BCUT2D eigenvalue weighted by molar-refractivity contribution is 6.16. The van der Waals surface area contributed by atoms with Crippen LogP contribution in [0.15, 0.2) is 243 Å². The maximum atomic E-state index is 2.41. The molecule has 0 amide bonds. The Morgan fingerprint density at radius 3 is 1.47 bits per heavy atom. The van der Waals surface area contributed by atoms with E-state index >= 15 is 0 Å². The predicted molar refractivity (Wildman–Crippen MR) is 255 cm³/mol. The fraction of sp³-hybridized carbons (Fsp3) is 0. The summed E-state index contributed by atoms with van der Waals surface area (Å²) in [6, 6.07) is 87.8. The lowest BCUT2D eigenvalue weighted by Crippen LogP contribution is -2.10. The molecule has 2 heteroatoms. The third-order valence-corrected chi connectivity index (χ3v) is 11.8. The lowest BCUT2D eigenvalue weighted by Gasteiger charge is -2.26. The molecule has 0 bridgehead atoms. The molecule has 282 valence electrons. The molecule has 0 aliphatic carbocycles. The number of hydrogen-bond acceptors (Lipinski definition) is 1. The average molecular weight is 765 g/mol. The highest BCUT2D eigenvalue weighted by Crippen LogP contribution is 2.42. The van der Waals surface area contributed by atoms with Crippen LogP contribution < -0.4 is 4.90 Å². The Hall–Kier alpha value is -7.94. The van der Waals surface area contributed by atoms with Crippen molar-refractivity contribution in [2.45, 2.75) is 0 Å². The lowest BCUT2D eigenvalue weighted by molar-refractivity contribution is 1.18. The van der Waals surface area contributed by atoms with Gasteiger partial charge in [0.25, 0.3) is 0 Å². The minimum Gasteiger partial charge on any atom is -0.310 e. The van der Waals surface area contributed by atoms with Crippen LogP contribution in [0.5, 0.6) is 0 Å². The molecule has 60 heavy (non-hydrogen) atoms. The van der Waals surface area contributed by atoms with Gasteiger partial charge in [-0.05, 0) is 116 Å². The summed E-state index contributed by atoms with van der Waals surface area (Å²) < 4.78 is 2.41. The minimum atomic E-state index is 1.09.